The van der Waals surface area contributed by atoms with E-state index in [1.807, 2.05) is 4.90 Å². The van der Waals surface area contributed by atoms with E-state index in [0.29, 0.717) is 50.6 Å². The van der Waals surface area contributed by atoms with Gasteiger partial charge in [-0.1, -0.05) is 0 Å². The van der Waals surface area contributed by atoms with E-state index in [4.69, 9.17) is 14.2 Å². The molecule has 0 aromatic heterocycles. The third kappa shape index (κ3) is 2.66. The Morgan fingerprint density at radius 3 is 2.52 bits per heavy atom. The van der Waals surface area contributed by atoms with Crippen molar-refractivity contribution in [1.82, 2.24) is 0 Å². The average molecular weight is 294 g/mol. The van der Waals surface area contributed by atoms with Crippen LogP contribution in [0.5, 0.6) is 5.75 Å². The van der Waals surface area contributed by atoms with Gasteiger partial charge in [0.25, 0.3) is 5.69 Å². The molecular formula is C14H18N2O5. The van der Waals surface area contributed by atoms with E-state index in [9.17, 15) is 10.1 Å². The standard InChI is InChI=1S/C14H18N2O5/c1-19-11-2-3-12(16(17)18)13(10-11)15-6-4-14(5-7-15)20-8-9-21-14/h2-3,10H,4-9H2,1H3. The third-order valence-electron chi connectivity index (χ3n) is 4.06. The van der Waals surface area contributed by atoms with E-state index in [-0.39, 0.29) is 10.6 Å². The van der Waals surface area contributed by atoms with Gasteiger partial charge in [-0.3, -0.25) is 10.1 Å². The molecule has 0 unspecified atom stereocenters. The first kappa shape index (κ1) is 14.1. The van der Waals surface area contributed by atoms with Crippen molar-refractivity contribution in [2.24, 2.45) is 0 Å². The second-order valence-corrected chi connectivity index (χ2v) is 5.21. The number of hydrogen-bond donors (Lipinski definition) is 0. The molecule has 7 heteroatoms. The van der Waals surface area contributed by atoms with Crippen molar-refractivity contribution >= 4 is 11.4 Å². The van der Waals surface area contributed by atoms with Crippen molar-refractivity contribution in [2.45, 2.75) is 18.6 Å². The van der Waals surface area contributed by atoms with Crippen LogP contribution in [0.25, 0.3) is 0 Å². The van der Waals surface area contributed by atoms with Crippen molar-refractivity contribution in [2.75, 3.05) is 38.3 Å². The van der Waals surface area contributed by atoms with E-state index in [1.165, 1.54) is 6.07 Å². The molecule has 2 aliphatic heterocycles. The number of rotatable bonds is 3. The quantitative estimate of drug-likeness (QED) is 0.626. The number of methoxy groups -OCH3 is 1. The molecule has 0 amide bonds. The fourth-order valence-corrected chi connectivity index (χ4v) is 2.91. The van der Waals surface area contributed by atoms with Crippen LogP contribution in [0.1, 0.15) is 12.8 Å². The smallest absolute Gasteiger partial charge is 0.292 e. The van der Waals surface area contributed by atoms with Gasteiger partial charge in [-0.15, -0.1) is 0 Å². The molecule has 2 heterocycles. The second-order valence-electron chi connectivity index (χ2n) is 5.21. The zero-order chi connectivity index (χ0) is 14.9. The topological polar surface area (TPSA) is 74.1 Å². The molecule has 114 valence electrons. The lowest BCUT2D eigenvalue weighted by Gasteiger charge is -2.38. The molecule has 0 bridgehead atoms. The highest BCUT2D eigenvalue weighted by molar-refractivity contribution is 5.66. The van der Waals surface area contributed by atoms with Gasteiger partial charge in [0.2, 0.25) is 0 Å². The van der Waals surface area contributed by atoms with Crippen LogP contribution in [0.2, 0.25) is 0 Å². The van der Waals surface area contributed by atoms with E-state index < -0.39 is 5.79 Å². The molecule has 1 spiro atoms. The monoisotopic (exact) mass is 294 g/mol. The summed E-state index contributed by atoms with van der Waals surface area (Å²) in [6.07, 6.45) is 1.42. The van der Waals surface area contributed by atoms with Gasteiger partial charge in [-0.05, 0) is 6.07 Å². The molecule has 1 aromatic rings. The summed E-state index contributed by atoms with van der Waals surface area (Å²) in [6, 6.07) is 4.81. The Morgan fingerprint density at radius 2 is 1.95 bits per heavy atom. The maximum atomic E-state index is 11.2. The molecule has 7 nitrogen and oxygen atoms in total. The minimum absolute atomic E-state index is 0.0972. The van der Waals surface area contributed by atoms with E-state index in [2.05, 4.69) is 0 Å². The number of nitrogens with zero attached hydrogens (tertiary/aromatic N) is 2. The van der Waals surface area contributed by atoms with Crippen LogP contribution in [-0.4, -0.2) is 44.1 Å². The lowest BCUT2D eigenvalue weighted by molar-refractivity contribution is -0.384. The largest absolute Gasteiger partial charge is 0.497 e. The van der Waals surface area contributed by atoms with Crippen LogP contribution >= 0.6 is 0 Å². The maximum Gasteiger partial charge on any atom is 0.292 e. The number of ether oxygens (including phenoxy) is 3. The van der Waals surface area contributed by atoms with Gasteiger partial charge in [0.05, 0.1) is 25.2 Å². The van der Waals surface area contributed by atoms with Crippen molar-refractivity contribution < 1.29 is 19.1 Å². The highest BCUT2D eigenvalue weighted by atomic mass is 16.7. The number of nitro groups is 1. The summed E-state index contributed by atoms with van der Waals surface area (Å²) in [5.41, 5.74) is 0.687. The summed E-state index contributed by atoms with van der Waals surface area (Å²) in [5.74, 6) is 0.133. The lowest BCUT2D eigenvalue weighted by atomic mass is 10.0. The summed E-state index contributed by atoms with van der Waals surface area (Å²) in [7, 11) is 1.55. The predicted octanol–water partition coefficient (Wildman–Crippen LogP) is 1.95. The molecule has 2 saturated heterocycles. The summed E-state index contributed by atoms with van der Waals surface area (Å²) in [6.45, 7) is 2.57. The summed E-state index contributed by atoms with van der Waals surface area (Å²) < 4.78 is 16.5. The molecule has 0 aliphatic carbocycles. The van der Waals surface area contributed by atoms with Gasteiger partial charge in [-0.2, -0.15) is 0 Å². The first-order valence-corrected chi connectivity index (χ1v) is 6.99. The highest BCUT2D eigenvalue weighted by Gasteiger charge is 2.40. The molecule has 0 atom stereocenters. The summed E-state index contributed by atoms with van der Waals surface area (Å²) in [4.78, 5) is 12.8. The Bertz CT molecular complexity index is 532. The van der Waals surface area contributed by atoms with Crippen LogP contribution in [-0.2, 0) is 9.47 Å². The van der Waals surface area contributed by atoms with E-state index in [0.717, 1.165) is 0 Å². The Labute approximate surface area is 122 Å². The molecule has 3 rings (SSSR count). The Hall–Kier alpha value is -1.86. The summed E-state index contributed by atoms with van der Waals surface area (Å²) >= 11 is 0. The molecule has 0 N–H and O–H groups in total. The zero-order valence-electron chi connectivity index (χ0n) is 11.9. The molecule has 2 fully saturated rings. The highest BCUT2D eigenvalue weighted by Crippen LogP contribution is 2.37. The zero-order valence-corrected chi connectivity index (χ0v) is 11.9. The van der Waals surface area contributed by atoms with Gasteiger partial charge < -0.3 is 19.1 Å². The molecular weight excluding hydrogens is 276 g/mol. The maximum absolute atomic E-state index is 11.2. The number of benzene rings is 1. The van der Waals surface area contributed by atoms with Gasteiger partial charge in [-0.25, -0.2) is 0 Å². The Balaban J connectivity index is 1.82. The first-order valence-electron chi connectivity index (χ1n) is 6.99. The first-order chi connectivity index (χ1) is 10.1. The molecule has 21 heavy (non-hydrogen) atoms. The molecule has 2 aliphatic rings. The van der Waals surface area contributed by atoms with E-state index >= 15 is 0 Å². The van der Waals surface area contributed by atoms with Crippen molar-refractivity contribution in [3.63, 3.8) is 0 Å². The lowest BCUT2D eigenvalue weighted by Crippen LogP contribution is -2.45. The van der Waals surface area contributed by atoms with Crippen LogP contribution in [0.3, 0.4) is 0 Å². The van der Waals surface area contributed by atoms with Gasteiger partial charge >= 0.3 is 0 Å². The minimum atomic E-state index is -0.482. The number of piperidine rings is 1. The third-order valence-corrected chi connectivity index (χ3v) is 4.06. The molecule has 0 saturated carbocycles. The fourth-order valence-electron chi connectivity index (χ4n) is 2.91. The fraction of sp³-hybridized carbons (Fsp3) is 0.571. The van der Waals surface area contributed by atoms with Gasteiger partial charge in [0.15, 0.2) is 5.79 Å². The normalized spacial score (nSPS) is 20.7. The minimum Gasteiger partial charge on any atom is -0.497 e. The van der Waals surface area contributed by atoms with E-state index in [1.54, 1.807) is 19.2 Å². The number of nitro benzene ring substituents is 1. The van der Waals surface area contributed by atoms with Crippen LogP contribution in [0.15, 0.2) is 18.2 Å². The number of anilines is 1. The number of hydrogen-bond acceptors (Lipinski definition) is 6. The van der Waals surface area contributed by atoms with Crippen molar-refractivity contribution in [3.8, 4) is 5.75 Å². The van der Waals surface area contributed by atoms with Crippen molar-refractivity contribution in [1.29, 1.82) is 0 Å². The Morgan fingerprint density at radius 1 is 1.29 bits per heavy atom. The second kappa shape index (κ2) is 5.50. The Kier molecular flexibility index (Phi) is 3.69. The average Bonchev–Trinajstić information content (AvgIpc) is 2.95. The van der Waals surface area contributed by atoms with Gasteiger partial charge in [0, 0.05) is 38.1 Å². The van der Waals surface area contributed by atoms with Crippen molar-refractivity contribution in [3.05, 3.63) is 28.3 Å². The predicted molar refractivity (Wildman–Crippen MR) is 75.7 cm³/mol. The summed E-state index contributed by atoms with van der Waals surface area (Å²) in [5, 5.41) is 11.2. The van der Waals surface area contributed by atoms with Crippen LogP contribution in [0.4, 0.5) is 11.4 Å². The van der Waals surface area contributed by atoms with Gasteiger partial charge in [0.1, 0.15) is 11.4 Å². The molecule has 0 radical (unpaired) electrons. The SMILES string of the molecule is COc1ccc([N+](=O)[O-])c(N2CCC3(CC2)OCCO3)c1. The van der Waals surface area contributed by atoms with Crippen LogP contribution in [0, 0.1) is 10.1 Å². The van der Waals surface area contributed by atoms with Crippen LogP contribution < -0.4 is 9.64 Å². The molecule has 1 aromatic carbocycles.